The van der Waals surface area contributed by atoms with E-state index < -0.39 is 0 Å². The summed E-state index contributed by atoms with van der Waals surface area (Å²) >= 11 is 1.78. The molecular weight excluding hydrogens is 222 g/mol. The molecule has 0 aliphatic carbocycles. The van der Waals surface area contributed by atoms with Gasteiger partial charge in [0.05, 0.1) is 12.6 Å². The third-order valence-corrected chi connectivity index (χ3v) is 3.25. The van der Waals surface area contributed by atoms with Crippen molar-refractivity contribution in [2.45, 2.75) is 6.04 Å². The highest BCUT2D eigenvalue weighted by Crippen LogP contribution is 2.34. The van der Waals surface area contributed by atoms with Gasteiger partial charge in [0.25, 0.3) is 0 Å². The third kappa shape index (κ3) is 2.44. The Morgan fingerprint density at radius 2 is 2.44 bits per heavy atom. The van der Waals surface area contributed by atoms with Gasteiger partial charge in [0.1, 0.15) is 18.1 Å². The second-order valence-electron chi connectivity index (χ2n) is 3.69. The summed E-state index contributed by atoms with van der Waals surface area (Å²) < 4.78 is 11.2. The lowest BCUT2D eigenvalue weighted by Gasteiger charge is -2.08. The Morgan fingerprint density at radius 3 is 3.19 bits per heavy atom. The van der Waals surface area contributed by atoms with Gasteiger partial charge in [-0.15, -0.1) is 0 Å². The lowest BCUT2D eigenvalue weighted by Crippen LogP contribution is -2.17. The molecule has 3 nitrogen and oxygen atoms in total. The van der Waals surface area contributed by atoms with E-state index in [0.717, 1.165) is 23.9 Å². The van der Waals surface area contributed by atoms with Crippen LogP contribution >= 0.6 is 11.8 Å². The molecule has 16 heavy (non-hydrogen) atoms. The summed E-state index contributed by atoms with van der Waals surface area (Å²) in [6, 6.07) is 6.39. The maximum atomic E-state index is 5.62. The number of ether oxygens (including phenoxy) is 2. The van der Waals surface area contributed by atoms with Crippen molar-refractivity contribution in [3.05, 3.63) is 23.8 Å². The SMILES string of the molecule is CNC1COc2cc(OCCSC)ccc21. The molecule has 1 aliphatic rings. The van der Waals surface area contributed by atoms with Crippen LogP contribution in [-0.2, 0) is 0 Å². The first-order chi connectivity index (χ1) is 7.85. The summed E-state index contributed by atoms with van der Waals surface area (Å²) in [5.41, 5.74) is 1.22. The zero-order valence-electron chi connectivity index (χ0n) is 9.66. The molecule has 0 spiro atoms. The summed E-state index contributed by atoms with van der Waals surface area (Å²) in [4.78, 5) is 0. The molecule has 0 radical (unpaired) electrons. The van der Waals surface area contributed by atoms with Gasteiger partial charge in [0, 0.05) is 17.4 Å². The average molecular weight is 239 g/mol. The van der Waals surface area contributed by atoms with Crippen molar-refractivity contribution < 1.29 is 9.47 Å². The van der Waals surface area contributed by atoms with Gasteiger partial charge < -0.3 is 14.8 Å². The molecule has 0 saturated carbocycles. The molecule has 1 aromatic carbocycles. The number of nitrogens with one attached hydrogen (secondary N) is 1. The predicted octanol–water partition coefficient (Wildman–Crippen LogP) is 2.08. The molecule has 0 fully saturated rings. The van der Waals surface area contributed by atoms with Crippen molar-refractivity contribution in [1.82, 2.24) is 5.32 Å². The van der Waals surface area contributed by atoms with Crippen LogP contribution in [0.2, 0.25) is 0 Å². The molecule has 1 aliphatic heterocycles. The fraction of sp³-hybridized carbons (Fsp3) is 0.500. The predicted molar refractivity (Wildman–Crippen MR) is 67.6 cm³/mol. The van der Waals surface area contributed by atoms with Gasteiger partial charge in [-0.1, -0.05) is 0 Å². The van der Waals surface area contributed by atoms with Crippen LogP contribution in [0.4, 0.5) is 0 Å². The minimum Gasteiger partial charge on any atom is -0.493 e. The van der Waals surface area contributed by atoms with E-state index in [1.807, 2.05) is 19.2 Å². The maximum Gasteiger partial charge on any atom is 0.127 e. The summed E-state index contributed by atoms with van der Waals surface area (Å²) in [7, 11) is 1.95. The Labute approximate surface area is 101 Å². The van der Waals surface area contributed by atoms with Crippen LogP contribution in [0.3, 0.4) is 0 Å². The van der Waals surface area contributed by atoms with Gasteiger partial charge in [-0.05, 0) is 25.4 Å². The molecule has 0 bridgehead atoms. The number of hydrogen-bond acceptors (Lipinski definition) is 4. The van der Waals surface area contributed by atoms with E-state index in [4.69, 9.17) is 9.47 Å². The van der Waals surface area contributed by atoms with Crippen LogP contribution in [0.15, 0.2) is 18.2 Å². The Hall–Kier alpha value is -0.870. The average Bonchev–Trinajstić information content (AvgIpc) is 2.71. The normalized spacial score (nSPS) is 18.0. The Morgan fingerprint density at radius 1 is 1.56 bits per heavy atom. The Kier molecular flexibility index (Phi) is 3.96. The van der Waals surface area contributed by atoms with Crippen LogP contribution in [0.5, 0.6) is 11.5 Å². The molecule has 0 amide bonds. The minimum atomic E-state index is 0.315. The van der Waals surface area contributed by atoms with Crippen molar-refractivity contribution in [2.24, 2.45) is 0 Å². The Bertz CT molecular complexity index is 357. The van der Waals surface area contributed by atoms with Gasteiger partial charge in [-0.2, -0.15) is 11.8 Å². The Balaban J connectivity index is 2.03. The van der Waals surface area contributed by atoms with E-state index >= 15 is 0 Å². The molecule has 0 saturated heterocycles. The first-order valence-corrected chi connectivity index (χ1v) is 6.80. The summed E-state index contributed by atoms with van der Waals surface area (Å²) in [6.45, 7) is 1.45. The molecule has 4 heteroatoms. The van der Waals surface area contributed by atoms with Crippen molar-refractivity contribution in [1.29, 1.82) is 0 Å². The van der Waals surface area contributed by atoms with E-state index in [1.165, 1.54) is 5.56 Å². The van der Waals surface area contributed by atoms with Crippen molar-refractivity contribution in [3.8, 4) is 11.5 Å². The van der Waals surface area contributed by atoms with Crippen LogP contribution in [0.25, 0.3) is 0 Å². The fourth-order valence-corrected chi connectivity index (χ4v) is 2.01. The monoisotopic (exact) mass is 239 g/mol. The molecule has 1 atom stereocenters. The van der Waals surface area contributed by atoms with Gasteiger partial charge in [-0.3, -0.25) is 0 Å². The molecule has 0 aromatic heterocycles. The lowest BCUT2D eigenvalue weighted by atomic mass is 10.1. The second-order valence-corrected chi connectivity index (χ2v) is 4.68. The summed E-state index contributed by atoms with van der Waals surface area (Å²) in [6.07, 6.45) is 2.08. The number of likely N-dealkylation sites (N-methyl/N-ethyl adjacent to an activating group) is 1. The summed E-state index contributed by atoms with van der Waals surface area (Å²) in [5.74, 6) is 2.85. The van der Waals surface area contributed by atoms with E-state index in [-0.39, 0.29) is 0 Å². The molecule has 1 N–H and O–H groups in total. The zero-order chi connectivity index (χ0) is 11.4. The smallest absolute Gasteiger partial charge is 0.127 e. The van der Waals surface area contributed by atoms with Gasteiger partial charge in [-0.25, -0.2) is 0 Å². The highest BCUT2D eigenvalue weighted by atomic mass is 32.2. The van der Waals surface area contributed by atoms with Crippen LogP contribution < -0.4 is 14.8 Å². The topological polar surface area (TPSA) is 30.5 Å². The number of hydrogen-bond donors (Lipinski definition) is 1. The summed E-state index contributed by atoms with van der Waals surface area (Å²) in [5, 5.41) is 3.22. The number of benzene rings is 1. The van der Waals surface area contributed by atoms with E-state index in [0.29, 0.717) is 12.6 Å². The first-order valence-electron chi connectivity index (χ1n) is 5.41. The van der Waals surface area contributed by atoms with Crippen LogP contribution in [0, 0.1) is 0 Å². The second kappa shape index (κ2) is 5.46. The van der Waals surface area contributed by atoms with E-state index in [9.17, 15) is 0 Å². The van der Waals surface area contributed by atoms with Gasteiger partial charge >= 0.3 is 0 Å². The standard InChI is InChI=1S/C12H17NO2S/c1-13-11-8-15-12-7-9(3-4-10(11)12)14-5-6-16-2/h3-4,7,11,13H,5-6,8H2,1-2H3. The van der Waals surface area contributed by atoms with E-state index in [1.54, 1.807) is 11.8 Å². The fourth-order valence-electron chi connectivity index (χ4n) is 1.76. The molecule has 88 valence electrons. The lowest BCUT2D eigenvalue weighted by molar-refractivity contribution is 0.313. The molecule has 1 heterocycles. The van der Waals surface area contributed by atoms with Crippen molar-refractivity contribution in [2.75, 3.05) is 32.3 Å². The largest absolute Gasteiger partial charge is 0.493 e. The molecule has 2 rings (SSSR count). The maximum absolute atomic E-state index is 5.62. The molecule has 1 unspecified atom stereocenters. The highest BCUT2D eigenvalue weighted by molar-refractivity contribution is 7.98. The number of fused-ring (bicyclic) bond motifs is 1. The zero-order valence-corrected chi connectivity index (χ0v) is 10.5. The minimum absolute atomic E-state index is 0.315. The number of rotatable bonds is 5. The van der Waals surface area contributed by atoms with Gasteiger partial charge in [0.2, 0.25) is 0 Å². The van der Waals surface area contributed by atoms with E-state index in [2.05, 4.69) is 17.6 Å². The molecular formula is C12H17NO2S. The number of thioether (sulfide) groups is 1. The van der Waals surface area contributed by atoms with Crippen molar-refractivity contribution >= 4 is 11.8 Å². The third-order valence-electron chi connectivity index (χ3n) is 2.67. The van der Waals surface area contributed by atoms with Gasteiger partial charge in [0.15, 0.2) is 0 Å². The van der Waals surface area contributed by atoms with Crippen LogP contribution in [-0.4, -0.2) is 32.3 Å². The highest BCUT2D eigenvalue weighted by Gasteiger charge is 2.22. The quantitative estimate of drug-likeness (QED) is 0.797. The van der Waals surface area contributed by atoms with Crippen LogP contribution in [0.1, 0.15) is 11.6 Å². The van der Waals surface area contributed by atoms with Crippen molar-refractivity contribution in [3.63, 3.8) is 0 Å². The first kappa shape index (κ1) is 11.6. The molecule has 1 aromatic rings.